The molecular weight excluding hydrogens is 327 g/mol. The molecule has 0 bridgehead atoms. The van der Waals surface area contributed by atoms with E-state index < -0.39 is 15.8 Å². The first-order valence-electron chi connectivity index (χ1n) is 8.10. The highest BCUT2D eigenvalue weighted by Gasteiger charge is 2.30. The van der Waals surface area contributed by atoms with E-state index in [0.29, 0.717) is 13.1 Å². The summed E-state index contributed by atoms with van der Waals surface area (Å²) >= 11 is 0. The van der Waals surface area contributed by atoms with Gasteiger partial charge in [0, 0.05) is 5.56 Å². The number of hydrogen-bond acceptors (Lipinski definition) is 2. The topological polar surface area (TPSA) is 41.8 Å². The lowest BCUT2D eigenvalue weighted by atomic mass is 10.1. The summed E-state index contributed by atoms with van der Waals surface area (Å²) in [7, 11) is -3.53. The first-order chi connectivity index (χ1) is 11.4. The molecule has 0 spiro atoms. The van der Waals surface area contributed by atoms with E-state index in [0.717, 1.165) is 19.6 Å². The SMILES string of the molecule is Cc1cccc(C[NH+]2CCN(S(=O)(=O)c3ccc(F)cc3)CC2)c1. The summed E-state index contributed by atoms with van der Waals surface area (Å²) in [5.74, 6) is -0.429. The van der Waals surface area contributed by atoms with Crippen molar-refractivity contribution in [3.63, 3.8) is 0 Å². The third kappa shape index (κ3) is 3.83. The molecule has 6 heteroatoms. The Kier molecular flexibility index (Phi) is 4.99. The third-order valence-corrected chi connectivity index (χ3v) is 6.33. The molecule has 3 rings (SSSR count). The second-order valence-electron chi connectivity index (χ2n) is 6.27. The Balaban J connectivity index is 1.63. The number of piperazine rings is 1. The van der Waals surface area contributed by atoms with Gasteiger partial charge < -0.3 is 4.90 Å². The minimum absolute atomic E-state index is 0.158. The van der Waals surface area contributed by atoms with Gasteiger partial charge in [0.1, 0.15) is 12.4 Å². The number of aryl methyl sites for hydroxylation is 1. The van der Waals surface area contributed by atoms with Gasteiger partial charge in [-0.1, -0.05) is 29.8 Å². The lowest BCUT2D eigenvalue weighted by Crippen LogP contribution is -3.13. The van der Waals surface area contributed by atoms with E-state index in [1.165, 1.54) is 44.6 Å². The Morgan fingerprint density at radius 3 is 2.38 bits per heavy atom. The molecule has 0 radical (unpaired) electrons. The summed E-state index contributed by atoms with van der Waals surface area (Å²) in [5, 5.41) is 0. The molecule has 2 aromatic rings. The molecule has 0 saturated carbocycles. The van der Waals surface area contributed by atoms with Crippen LogP contribution in [-0.2, 0) is 16.6 Å². The van der Waals surface area contributed by atoms with Crippen LogP contribution in [0, 0.1) is 12.7 Å². The molecule has 0 amide bonds. The predicted molar refractivity (Wildman–Crippen MR) is 90.7 cm³/mol. The summed E-state index contributed by atoms with van der Waals surface area (Å²) < 4.78 is 39.7. The Hall–Kier alpha value is -1.76. The predicted octanol–water partition coefficient (Wildman–Crippen LogP) is 1.22. The fourth-order valence-electron chi connectivity index (χ4n) is 3.09. The van der Waals surface area contributed by atoms with Crippen molar-refractivity contribution in [2.24, 2.45) is 0 Å². The lowest BCUT2D eigenvalue weighted by molar-refractivity contribution is -0.917. The first kappa shape index (κ1) is 17.1. The highest BCUT2D eigenvalue weighted by molar-refractivity contribution is 7.89. The molecule has 0 atom stereocenters. The van der Waals surface area contributed by atoms with Gasteiger partial charge in [-0.2, -0.15) is 4.31 Å². The van der Waals surface area contributed by atoms with Crippen LogP contribution in [-0.4, -0.2) is 38.9 Å². The van der Waals surface area contributed by atoms with E-state index in [4.69, 9.17) is 0 Å². The quantitative estimate of drug-likeness (QED) is 0.902. The molecule has 1 aliphatic rings. The van der Waals surface area contributed by atoms with Crippen LogP contribution in [0.2, 0.25) is 0 Å². The van der Waals surface area contributed by atoms with Gasteiger partial charge in [-0.25, -0.2) is 12.8 Å². The van der Waals surface area contributed by atoms with Crippen molar-refractivity contribution in [1.29, 1.82) is 0 Å². The smallest absolute Gasteiger partial charge is 0.243 e. The number of nitrogens with one attached hydrogen (secondary N) is 1. The van der Waals surface area contributed by atoms with Gasteiger partial charge in [-0.05, 0) is 31.2 Å². The van der Waals surface area contributed by atoms with Crippen LogP contribution in [0.3, 0.4) is 0 Å². The minimum Gasteiger partial charge on any atom is -0.329 e. The second kappa shape index (κ2) is 7.01. The van der Waals surface area contributed by atoms with Gasteiger partial charge >= 0.3 is 0 Å². The van der Waals surface area contributed by atoms with Gasteiger partial charge in [0.05, 0.1) is 31.1 Å². The number of quaternary nitrogens is 1. The number of hydrogen-bond donors (Lipinski definition) is 1. The Labute approximate surface area is 142 Å². The number of rotatable bonds is 4. The van der Waals surface area contributed by atoms with E-state index in [1.807, 2.05) is 0 Å². The summed E-state index contributed by atoms with van der Waals surface area (Å²) in [6.07, 6.45) is 0. The van der Waals surface area contributed by atoms with E-state index >= 15 is 0 Å². The second-order valence-corrected chi connectivity index (χ2v) is 8.21. The van der Waals surface area contributed by atoms with Crippen LogP contribution in [0.4, 0.5) is 4.39 Å². The maximum Gasteiger partial charge on any atom is 0.243 e. The van der Waals surface area contributed by atoms with Crippen LogP contribution in [0.5, 0.6) is 0 Å². The molecule has 1 saturated heterocycles. The molecule has 0 aromatic heterocycles. The molecule has 128 valence electrons. The average molecular weight is 349 g/mol. The van der Waals surface area contributed by atoms with Crippen molar-refractivity contribution in [3.8, 4) is 0 Å². The Bertz CT molecular complexity index is 798. The average Bonchev–Trinajstić information content (AvgIpc) is 2.56. The molecule has 1 fully saturated rings. The van der Waals surface area contributed by atoms with Crippen molar-refractivity contribution in [3.05, 3.63) is 65.5 Å². The molecule has 4 nitrogen and oxygen atoms in total. The molecule has 1 aliphatic heterocycles. The van der Waals surface area contributed by atoms with Crippen molar-refractivity contribution in [2.75, 3.05) is 26.2 Å². The van der Waals surface area contributed by atoms with Crippen molar-refractivity contribution < 1.29 is 17.7 Å². The van der Waals surface area contributed by atoms with Crippen molar-refractivity contribution in [2.45, 2.75) is 18.4 Å². The van der Waals surface area contributed by atoms with Gasteiger partial charge in [-0.15, -0.1) is 0 Å². The normalized spacial score (nSPS) is 17.1. The molecule has 1 heterocycles. The molecule has 0 unspecified atom stereocenters. The standard InChI is InChI=1S/C18H21FN2O2S/c1-15-3-2-4-16(13-15)14-20-9-11-21(12-10-20)24(22,23)18-7-5-17(19)6-8-18/h2-8,13H,9-12,14H2,1H3/p+1. The van der Waals surface area contributed by atoms with Gasteiger partial charge in [-0.3, -0.25) is 0 Å². The van der Waals surface area contributed by atoms with E-state index in [1.54, 1.807) is 0 Å². The molecule has 24 heavy (non-hydrogen) atoms. The van der Waals surface area contributed by atoms with E-state index in [9.17, 15) is 12.8 Å². The van der Waals surface area contributed by atoms with Gasteiger partial charge in [0.2, 0.25) is 10.0 Å². The molecule has 1 N–H and O–H groups in total. The first-order valence-corrected chi connectivity index (χ1v) is 9.54. The highest BCUT2D eigenvalue weighted by atomic mass is 32.2. The fraction of sp³-hybridized carbons (Fsp3) is 0.333. The van der Waals surface area contributed by atoms with Crippen LogP contribution >= 0.6 is 0 Å². The number of halogens is 1. The van der Waals surface area contributed by atoms with Crippen LogP contribution < -0.4 is 4.90 Å². The molecular formula is C18H22FN2O2S+. The lowest BCUT2D eigenvalue weighted by Gasteiger charge is -2.31. The van der Waals surface area contributed by atoms with Crippen LogP contribution in [0.25, 0.3) is 0 Å². The van der Waals surface area contributed by atoms with Crippen molar-refractivity contribution in [1.82, 2.24) is 4.31 Å². The zero-order valence-electron chi connectivity index (χ0n) is 13.7. The highest BCUT2D eigenvalue weighted by Crippen LogP contribution is 2.16. The Morgan fingerprint density at radius 1 is 1.08 bits per heavy atom. The van der Waals surface area contributed by atoms with Crippen LogP contribution in [0.15, 0.2) is 53.4 Å². The maximum atomic E-state index is 13.0. The number of nitrogens with zero attached hydrogens (tertiary/aromatic N) is 1. The monoisotopic (exact) mass is 349 g/mol. The van der Waals surface area contributed by atoms with Gasteiger partial charge in [0.25, 0.3) is 0 Å². The van der Waals surface area contributed by atoms with Crippen molar-refractivity contribution >= 4 is 10.0 Å². The molecule has 0 aliphatic carbocycles. The van der Waals surface area contributed by atoms with E-state index in [-0.39, 0.29) is 4.90 Å². The summed E-state index contributed by atoms with van der Waals surface area (Å²) in [5.41, 5.74) is 2.52. The Morgan fingerprint density at radius 2 is 1.75 bits per heavy atom. The summed E-state index contributed by atoms with van der Waals surface area (Å²) in [6.45, 7) is 5.50. The van der Waals surface area contributed by atoms with Gasteiger partial charge in [0.15, 0.2) is 0 Å². The zero-order valence-corrected chi connectivity index (χ0v) is 14.5. The summed E-state index contributed by atoms with van der Waals surface area (Å²) in [6, 6.07) is 13.5. The largest absolute Gasteiger partial charge is 0.329 e. The molecule has 2 aromatic carbocycles. The maximum absolute atomic E-state index is 13.0. The summed E-state index contributed by atoms with van der Waals surface area (Å²) in [4.78, 5) is 1.54. The minimum atomic E-state index is -3.53. The number of sulfonamides is 1. The van der Waals surface area contributed by atoms with Crippen LogP contribution in [0.1, 0.15) is 11.1 Å². The number of benzene rings is 2. The fourth-order valence-corrected chi connectivity index (χ4v) is 4.53. The third-order valence-electron chi connectivity index (χ3n) is 4.42. The zero-order chi connectivity index (χ0) is 17.2. The van der Waals surface area contributed by atoms with E-state index in [2.05, 4.69) is 31.2 Å².